The van der Waals surface area contributed by atoms with Crippen molar-refractivity contribution >= 4 is 5.97 Å². The summed E-state index contributed by atoms with van der Waals surface area (Å²) in [5.41, 5.74) is 0.621. The minimum Gasteiger partial charge on any atom is -0.430 e. The molecule has 0 bridgehead atoms. The molecule has 0 spiro atoms. The largest absolute Gasteiger partial charge is 0.430 e. The molecule has 0 aliphatic carbocycles. The fourth-order valence-corrected chi connectivity index (χ4v) is 0.438. The number of ether oxygens (including phenoxy) is 2. The molecule has 1 aliphatic rings. The Morgan fingerprint density at radius 3 is 2.80 bits per heavy atom. The smallest absolute Gasteiger partial charge is 0.335 e. The van der Waals surface area contributed by atoms with Gasteiger partial charge in [0.25, 0.3) is 0 Å². The Morgan fingerprint density at radius 1 is 1.80 bits per heavy atom. The Bertz CT molecular complexity index is 168. The quantitative estimate of drug-likeness (QED) is 0.326. The second-order valence-corrected chi connectivity index (χ2v) is 2.14. The van der Waals surface area contributed by atoms with Gasteiger partial charge in [0.2, 0.25) is 6.29 Å². The van der Waals surface area contributed by atoms with Crippen LogP contribution in [0.25, 0.3) is 0 Å². The summed E-state index contributed by atoms with van der Waals surface area (Å²) in [6.45, 7) is 4.05. The predicted octanol–water partition coefficient (Wildman–Crippen LogP) is 0.852. The van der Waals surface area contributed by atoms with Crippen LogP contribution < -0.4 is 0 Å². The average molecular weight is 142 g/mol. The molecule has 1 atom stereocenters. The van der Waals surface area contributed by atoms with E-state index in [1.807, 2.05) is 0 Å². The van der Waals surface area contributed by atoms with Crippen LogP contribution in [0.2, 0.25) is 0 Å². The Morgan fingerprint density at radius 2 is 2.40 bits per heavy atom. The summed E-state index contributed by atoms with van der Waals surface area (Å²) in [7, 11) is 0. The summed E-state index contributed by atoms with van der Waals surface area (Å²) in [5, 5.41) is 0. The lowest BCUT2D eigenvalue weighted by atomic mass is 10.3. The molecule has 0 aromatic rings. The van der Waals surface area contributed by atoms with Gasteiger partial charge in [0.05, 0.1) is 0 Å². The van der Waals surface area contributed by atoms with Crippen molar-refractivity contribution in [2.75, 3.05) is 6.61 Å². The van der Waals surface area contributed by atoms with Crippen molar-refractivity contribution < 1.29 is 14.3 Å². The van der Waals surface area contributed by atoms with Crippen molar-refractivity contribution in [3.05, 3.63) is 11.6 Å². The molecule has 1 unspecified atom stereocenters. The summed E-state index contributed by atoms with van der Waals surface area (Å²) in [4.78, 5) is 10.9. The Hall–Kier alpha value is -0.830. The highest BCUT2D eigenvalue weighted by Gasteiger charge is 2.27. The zero-order valence-electron chi connectivity index (χ0n) is 6.09. The molecule has 3 nitrogen and oxygen atoms in total. The van der Waals surface area contributed by atoms with Crippen LogP contribution in [-0.2, 0) is 14.3 Å². The Kier molecular flexibility index (Phi) is 2.06. The van der Waals surface area contributed by atoms with E-state index >= 15 is 0 Å². The van der Waals surface area contributed by atoms with Gasteiger partial charge >= 0.3 is 5.97 Å². The molecule has 1 fully saturated rings. The van der Waals surface area contributed by atoms with Gasteiger partial charge in [0, 0.05) is 5.57 Å². The first kappa shape index (κ1) is 7.28. The van der Waals surface area contributed by atoms with Gasteiger partial charge < -0.3 is 9.47 Å². The van der Waals surface area contributed by atoms with Crippen molar-refractivity contribution in [3.63, 3.8) is 0 Å². The molecule has 1 heterocycles. The summed E-state index contributed by atoms with van der Waals surface area (Å²) >= 11 is 0. The zero-order chi connectivity index (χ0) is 7.56. The van der Waals surface area contributed by atoms with E-state index in [9.17, 15) is 4.79 Å². The van der Waals surface area contributed by atoms with Gasteiger partial charge in [0.15, 0.2) is 0 Å². The van der Waals surface area contributed by atoms with Crippen molar-refractivity contribution in [2.24, 2.45) is 0 Å². The first-order valence-corrected chi connectivity index (χ1v) is 3.19. The molecule has 0 aromatic heterocycles. The molecule has 3 heteroatoms. The second kappa shape index (κ2) is 2.84. The van der Waals surface area contributed by atoms with E-state index in [0.717, 1.165) is 0 Å². The van der Waals surface area contributed by atoms with Crippen LogP contribution in [0.15, 0.2) is 11.6 Å². The van der Waals surface area contributed by atoms with E-state index in [2.05, 4.69) is 0 Å². The first-order chi connectivity index (χ1) is 4.74. The van der Waals surface area contributed by atoms with E-state index < -0.39 is 0 Å². The van der Waals surface area contributed by atoms with E-state index in [-0.39, 0.29) is 12.3 Å². The topological polar surface area (TPSA) is 38.8 Å². The number of esters is 1. The minimum absolute atomic E-state index is 0.276. The van der Waals surface area contributed by atoms with Gasteiger partial charge in [-0.3, -0.25) is 0 Å². The number of hydrogen-bond donors (Lipinski definition) is 0. The van der Waals surface area contributed by atoms with Crippen LogP contribution in [-0.4, -0.2) is 18.9 Å². The number of carbonyl (C=O) groups excluding carboxylic acids is 1. The monoisotopic (exact) mass is 142 g/mol. The van der Waals surface area contributed by atoms with Gasteiger partial charge in [0.1, 0.15) is 6.61 Å². The van der Waals surface area contributed by atoms with Crippen LogP contribution in [0, 0.1) is 0 Å². The first-order valence-electron chi connectivity index (χ1n) is 3.19. The summed E-state index contributed by atoms with van der Waals surface area (Å²) < 4.78 is 9.49. The lowest BCUT2D eigenvalue weighted by Gasteiger charge is -1.98. The summed E-state index contributed by atoms with van der Waals surface area (Å²) in [5.74, 6) is -0.287. The van der Waals surface area contributed by atoms with Gasteiger partial charge in [-0.25, -0.2) is 4.79 Å². The van der Waals surface area contributed by atoms with Crippen molar-refractivity contribution in [2.45, 2.75) is 20.1 Å². The molecule has 1 aliphatic heterocycles. The molecule has 0 aromatic carbocycles. The SMILES string of the molecule is C/C=C(\C)C(=O)OC1CO1. The minimum atomic E-state index is -0.287. The van der Waals surface area contributed by atoms with Crippen LogP contribution >= 0.6 is 0 Å². The molecule has 56 valence electrons. The predicted molar refractivity (Wildman–Crippen MR) is 35.3 cm³/mol. The third kappa shape index (κ3) is 1.84. The summed E-state index contributed by atoms with van der Waals surface area (Å²) in [6, 6.07) is 0. The molecule has 0 amide bonds. The van der Waals surface area contributed by atoms with Gasteiger partial charge in [-0.2, -0.15) is 0 Å². The van der Waals surface area contributed by atoms with E-state index in [1.54, 1.807) is 19.9 Å². The molecule has 0 N–H and O–H groups in total. The maximum atomic E-state index is 10.9. The van der Waals surface area contributed by atoms with E-state index in [4.69, 9.17) is 9.47 Å². The van der Waals surface area contributed by atoms with Crippen LogP contribution in [0.5, 0.6) is 0 Å². The molecule has 1 saturated heterocycles. The molecule has 10 heavy (non-hydrogen) atoms. The van der Waals surface area contributed by atoms with Crippen molar-refractivity contribution in [3.8, 4) is 0 Å². The fraction of sp³-hybridized carbons (Fsp3) is 0.571. The Labute approximate surface area is 59.6 Å². The third-order valence-corrected chi connectivity index (χ3v) is 1.30. The van der Waals surface area contributed by atoms with Crippen molar-refractivity contribution in [1.82, 2.24) is 0 Å². The number of allylic oxidation sites excluding steroid dienone is 1. The lowest BCUT2D eigenvalue weighted by molar-refractivity contribution is -0.143. The number of hydrogen-bond acceptors (Lipinski definition) is 3. The standard InChI is InChI=1S/C7H10O3/c1-3-5(2)7(8)10-6-4-9-6/h3,6H,4H2,1-2H3/b5-3+. The lowest BCUT2D eigenvalue weighted by Crippen LogP contribution is -2.07. The number of carbonyl (C=O) groups is 1. The van der Waals surface area contributed by atoms with Crippen LogP contribution in [0.3, 0.4) is 0 Å². The second-order valence-electron chi connectivity index (χ2n) is 2.14. The Balaban J connectivity index is 2.32. The van der Waals surface area contributed by atoms with Gasteiger partial charge in [-0.15, -0.1) is 0 Å². The third-order valence-electron chi connectivity index (χ3n) is 1.30. The van der Waals surface area contributed by atoms with Crippen molar-refractivity contribution in [1.29, 1.82) is 0 Å². The van der Waals surface area contributed by atoms with Crippen LogP contribution in [0.1, 0.15) is 13.8 Å². The highest BCUT2D eigenvalue weighted by Crippen LogP contribution is 2.12. The molecule has 0 saturated carbocycles. The maximum absolute atomic E-state index is 10.9. The van der Waals surface area contributed by atoms with E-state index in [1.165, 1.54) is 0 Å². The number of epoxide rings is 1. The van der Waals surface area contributed by atoms with Gasteiger partial charge in [-0.1, -0.05) is 6.08 Å². The zero-order valence-corrected chi connectivity index (χ0v) is 6.09. The highest BCUT2D eigenvalue weighted by atomic mass is 16.8. The molecule has 1 rings (SSSR count). The fourth-order valence-electron chi connectivity index (χ4n) is 0.438. The summed E-state index contributed by atoms with van der Waals surface area (Å²) in [6.07, 6.45) is 1.44. The normalized spacial score (nSPS) is 24.2. The average Bonchev–Trinajstić information content (AvgIpc) is 2.70. The molecular formula is C7H10O3. The van der Waals surface area contributed by atoms with Gasteiger partial charge in [-0.05, 0) is 13.8 Å². The molecular weight excluding hydrogens is 132 g/mol. The van der Waals surface area contributed by atoms with Crippen LogP contribution in [0.4, 0.5) is 0 Å². The maximum Gasteiger partial charge on any atom is 0.335 e. The number of rotatable bonds is 2. The highest BCUT2D eigenvalue weighted by molar-refractivity contribution is 5.87. The molecule has 0 radical (unpaired) electrons. The van der Waals surface area contributed by atoms with E-state index in [0.29, 0.717) is 12.2 Å².